The molecule has 3 atom stereocenters. The fourth-order valence-electron chi connectivity index (χ4n) is 2.75. The van der Waals surface area contributed by atoms with Crippen LogP contribution < -0.4 is 0 Å². The van der Waals surface area contributed by atoms with E-state index in [2.05, 4.69) is 11.1 Å². The quantitative estimate of drug-likeness (QED) is 0.872. The van der Waals surface area contributed by atoms with E-state index in [-0.39, 0.29) is 17.8 Å². The highest BCUT2D eigenvalue weighted by Gasteiger charge is 2.33. The molecular formula is C16H16N2O2S. The van der Waals surface area contributed by atoms with Crippen LogP contribution in [0.4, 0.5) is 0 Å². The molecule has 2 heterocycles. The summed E-state index contributed by atoms with van der Waals surface area (Å²) < 4.78 is 6.49. The summed E-state index contributed by atoms with van der Waals surface area (Å²) in [4.78, 5) is 17.1. The number of nitrogens with zero attached hydrogens (tertiary/aromatic N) is 2. The van der Waals surface area contributed by atoms with E-state index in [1.54, 1.807) is 0 Å². The van der Waals surface area contributed by atoms with E-state index in [1.165, 1.54) is 11.3 Å². The fourth-order valence-corrected chi connectivity index (χ4v) is 3.77. The van der Waals surface area contributed by atoms with Crippen LogP contribution in [0.25, 0.3) is 10.2 Å². The number of fused-ring (bicyclic) bond motifs is 1. The lowest BCUT2D eigenvalue weighted by Gasteiger charge is -2.27. The first-order chi connectivity index (χ1) is 10.2. The molecule has 2 aromatic rings. The van der Waals surface area contributed by atoms with E-state index in [1.807, 2.05) is 31.2 Å². The van der Waals surface area contributed by atoms with Crippen molar-refractivity contribution in [2.45, 2.75) is 31.8 Å². The zero-order valence-electron chi connectivity index (χ0n) is 11.8. The smallest absolute Gasteiger partial charge is 0.160 e. The van der Waals surface area contributed by atoms with Crippen LogP contribution in [0, 0.1) is 17.2 Å². The molecule has 5 heteroatoms. The second kappa shape index (κ2) is 5.92. The van der Waals surface area contributed by atoms with E-state index >= 15 is 0 Å². The third-order valence-electron chi connectivity index (χ3n) is 3.86. The number of ether oxygens (including phenoxy) is 1. The Kier molecular flexibility index (Phi) is 4.00. The fraction of sp³-hybridized carbons (Fsp3) is 0.438. The molecule has 0 aliphatic carbocycles. The third kappa shape index (κ3) is 2.82. The lowest BCUT2D eigenvalue weighted by molar-refractivity contribution is -0.127. The topological polar surface area (TPSA) is 63.0 Å². The van der Waals surface area contributed by atoms with Gasteiger partial charge >= 0.3 is 0 Å². The molecule has 1 aromatic carbocycles. The summed E-state index contributed by atoms with van der Waals surface area (Å²) in [5.74, 6) is -0.852. The monoisotopic (exact) mass is 300 g/mol. The summed E-state index contributed by atoms with van der Waals surface area (Å²) in [6.07, 6.45) is 1.48. The lowest BCUT2D eigenvalue weighted by atomic mass is 9.86. The van der Waals surface area contributed by atoms with E-state index < -0.39 is 5.92 Å². The number of ketones is 1. The van der Waals surface area contributed by atoms with Crippen molar-refractivity contribution in [1.29, 1.82) is 5.26 Å². The number of benzene rings is 1. The minimum Gasteiger partial charge on any atom is -0.378 e. The summed E-state index contributed by atoms with van der Waals surface area (Å²) in [6, 6.07) is 9.87. The molecular weight excluding hydrogens is 284 g/mol. The zero-order chi connectivity index (χ0) is 14.8. The first-order valence-corrected chi connectivity index (χ1v) is 7.91. The Morgan fingerprint density at radius 3 is 3.05 bits per heavy atom. The Labute approximate surface area is 127 Å². The summed E-state index contributed by atoms with van der Waals surface area (Å²) in [6.45, 7) is 2.56. The summed E-state index contributed by atoms with van der Waals surface area (Å²) in [7, 11) is 0. The van der Waals surface area contributed by atoms with Crippen LogP contribution in [0.5, 0.6) is 0 Å². The van der Waals surface area contributed by atoms with Crippen molar-refractivity contribution in [3.05, 3.63) is 29.3 Å². The second-order valence-corrected chi connectivity index (χ2v) is 6.45. The maximum Gasteiger partial charge on any atom is 0.160 e. The van der Waals surface area contributed by atoms with Gasteiger partial charge < -0.3 is 4.74 Å². The maximum atomic E-state index is 12.6. The van der Waals surface area contributed by atoms with Crippen molar-refractivity contribution in [3.8, 4) is 6.07 Å². The molecule has 0 saturated carbocycles. The van der Waals surface area contributed by atoms with Crippen LogP contribution in [0.1, 0.15) is 30.7 Å². The molecule has 0 spiro atoms. The molecule has 108 valence electrons. The van der Waals surface area contributed by atoms with Crippen LogP contribution in [0.3, 0.4) is 0 Å². The SMILES string of the molecule is C[C@@H]1C[C@@H](C(=O)[C@H](C#N)c2nc3ccccc3s2)CCO1. The number of hydrogen-bond donors (Lipinski definition) is 0. The van der Waals surface area contributed by atoms with Gasteiger partial charge in [-0.15, -0.1) is 11.3 Å². The predicted octanol–water partition coefficient (Wildman–Crippen LogP) is 3.29. The van der Waals surface area contributed by atoms with Crippen molar-refractivity contribution < 1.29 is 9.53 Å². The van der Waals surface area contributed by atoms with Gasteiger partial charge in [0.1, 0.15) is 5.01 Å². The predicted molar refractivity (Wildman–Crippen MR) is 81.1 cm³/mol. The minimum absolute atomic E-state index is 0.00768. The molecule has 1 saturated heterocycles. The van der Waals surface area contributed by atoms with Crippen LogP contribution in [-0.4, -0.2) is 23.5 Å². The molecule has 21 heavy (non-hydrogen) atoms. The van der Waals surface area contributed by atoms with Gasteiger partial charge in [-0.05, 0) is 31.9 Å². The van der Waals surface area contributed by atoms with E-state index in [0.717, 1.165) is 10.2 Å². The summed E-state index contributed by atoms with van der Waals surface area (Å²) >= 11 is 1.44. The van der Waals surface area contributed by atoms with E-state index in [9.17, 15) is 10.1 Å². The number of thiazole rings is 1. The zero-order valence-corrected chi connectivity index (χ0v) is 12.6. The Morgan fingerprint density at radius 1 is 1.52 bits per heavy atom. The molecule has 0 bridgehead atoms. The molecule has 1 aliphatic rings. The number of aromatic nitrogens is 1. The highest BCUT2D eigenvalue weighted by atomic mass is 32.1. The molecule has 4 nitrogen and oxygen atoms in total. The van der Waals surface area contributed by atoms with Crippen molar-refractivity contribution in [3.63, 3.8) is 0 Å². The average molecular weight is 300 g/mol. The number of nitriles is 1. The number of para-hydroxylation sites is 1. The van der Waals surface area contributed by atoms with Gasteiger partial charge in [0.05, 0.1) is 22.4 Å². The number of carbonyl (C=O) groups is 1. The number of rotatable bonds is 3. The molecule has 0 N–H and O–H groups in total. The highest BCUT2D eigenvalue weighted by molar-refractivity contribution is 7.18. The number of hydrogen-bond acceptors (Lipinski definition) is 5. The molecule has 1 fully saturated rings. The van der Waals surface area contributed by atoms with Gasteiger partial charge in [0.15, 0.2) is 11.7 Å². The van der Waals surface area contributed by atoms with Crippen LogP contribution >= 0.6 is 11.3 Å². The Hall–Kier alpha value is -1.77. The summed E-state index contributed by atoms with van der Waals surface area (Å²) in [5.41, 5.74) is 0.853. The van der Waals surface area contributed by atoms with Crippen molar-refractivity contribution in [2.75, 3.05) is 6.61 Å². The van der Waals surface area contributed by atoms with Gasteiger partial charge in [-0.1, -0.05) is 12.1 Å². The average Bonchev–Trinajstić information content (AvgIpc) is 2.91. The normalized spacial score (nSPS) is 23.6. The molecule has 3 rings (SSSR count). The van der Waals surface area contributed by atoms with Crippen LogP contribution in [0.15, 0.2) is 24.3 Å². The Balaban J connectivity index is 1.87. The number of carbonyl (C=O) groups excluding carboxylic acids is 1. The molecule has 1 aromatic heterocycles. The van der Waals surface area contributed by atoms with Gasteiger partial charge in [0.25, 0.3) is 0 Å². The van der Waals surface area contributed by atoms with Crippen molar-refractivity contribution in [2.24, 2.45) is 5.92 Å². The Morgan fingerprint density at radius 2 is 2.33 bits per heavy atom. The largest absolute Gasteiger partial charge is 0.378 e. The van der Waals surface area contributed by atoms with Gasteiger partial charge in [0.2, 0.25) is 0 Å². The Bertz CT molecular complexity index is 671. The van der Waals surface area contributed by atoms with Crippen molar-refractivity contribution >= 4 is 27.3 Å². The highest BCUT2D eigenvalue weighted by Crippen LogP contribution is 2.32. The molecule has 0 amide bonds. The first kappa shape index (κ1) is 14.2. The van der Waals surface area contributed by atoms with E-state index in [0.29, 0.717) is 24.5 Å². The standard InChI is InChI=1S/C16H16N2O2S/c1-10-8-11(6-7-20-10)15(19)12(9-17)16-18-13-4-2-3-5-14(13)21-16/h2-5,10-12H,6-8H2,1H3/t10-,11+,12+/m1/s1. The lowest BCUT2D eigenvalue weighted by Crippen LogP contribution is -2.31. The minimum atomic E-state index is -0.752. The number of Topliss-reactive ketones (excluding diaryl/α,β-unsaturated/α-hetero) is 1. The van der Waals surface area contributed by atoms with Gasteiger partial charge in [-0.3, -0.25) is 4.79 Å². The molecule has 0 radical (unpaired) electrons. The van der Waals surface area contributed by atoms with Gasteiger partial charge in [-0.25, -0.2) is 4.98 Å². The molecule has 1 aliphatic heterocycles. The molecule has 0 unspecified atom stereocenters. The van der Waals surface area contributed by atoms with Gasteiger partial charge in [-0.2, -0.15) is 5.26 Å². The third-order valence-corrected chi connectivity index (χ3v) is 4.96. The van der Waals surface area contributed by atoms with Crippen LogP contribution in [-0.2, 0) is 9.53 Å². The maximum absolute atomic E-state index is 12.6. The van der Waals surface area contributed by atoms with E-state index in [4.69, 9.17) is 4.74 Å². The summed E-state index contributed by atoms with van der Waals surface area (Å²) in [5, 5.41) is 10.0. The second-order valence-electron chi connectivity index (χ2n) is 5.39. The van der Waals surface area contributed by atoms with Gasteiger partial charge in [0, 0.05) is 12.5 Å². The van der Waals surface area contributed by atoms with Crippen LogP contribution in [0.2, 0.25) is 0 Å². The van der Waals surface area contributed by atoms with Crippen molar-refractivity contribution in [1.82, 2.24) is 4.98 Å². The first-order valence-electron chi connectivity index (χ1n) is 7.09.